The summed E-state index contributed by atoms with van der Waals surface area (Å²) < 4.78 is 19.5. The number of nitrogens with one attached hydrogen (secondary N) is 1. The van der Waals surface area contributed by atoms with Gasteiger partial charge in [-0.1, -0.05) is 30.3 Å². The molecule has 0 fully saturated rings. The standard InChI is InChI=1S/C27H22FN3O4S/c28-21-12-10-18(14-22(21)31(33)34)23-13-11-19(35-23)16-30-27-25(20-8-4-5-9-24(20)36-27)26(32)29-15-17-6-2-1-3-7-17/h1-3,6-7,10-14,16H,4-5,8-9,15H2,(H,29,32). The number of rotatable bonds is 7. The van der Waals surface area contributed by atoms with E-state index < -0.39 is 16.4 Å². The van der Waals surface area contributed by atoms with Gasteiger partial charge in [-0.15, -0.1) is 11.3 Å². The van der Waals surface area contributed by atoms with Crippen molar-refractivity contribution >= 4 is 34.1 Å². The predicted molar refractivity (Wildman–Crippen MR) is 137 cm³/mol. The Morgan fingerprint density at radius 2 is 1.94 bits per heavy atom. The van der Waals surface area contributed by atoms with Crippen LogP contribution in [-0.2, 0) is 19.4 Å². The number of amides is 1. The van der Waals surface area contributed by atoms with Crippen molar-refractivity contribution in [2.24, 2.45) is 4.99 Å². The highest BCUT2D eigenvalue weighted by molar-refractivity contribution is 7.16. The molecule has 7 nitrogen and oxygen atoms in total. The van der Waals surface area contributed by atoms with E-state index in [-0.39, 0.29) is 5.91 Å². The minimum absolute atomic E-state index is 0.149. The Hall–Kier alpha value is -4.11. The van der Waals surface area contributed by atoms with E-state index in [1.165, 1.54) is 28.5 Å². The Kier molecular flexibility index (Phi) is 6.73. The molecule has 2 aromatic heterocycles. The minimum Gasteiger partial charge on any atom is -0.455 e. The molecule has 1 aliphatic carbocycles. The third-order valence-corrected chi connectivity index (χ3v) is 7.24. The number of aliphatic imine (C=N–C) groups is 1. The maximum Gasteiger partial charge on any atom is 0.305 e. The molecule has 5 rings (SSSR count). The molecule has 0 bridgehead atoms. The van der Waals surface area contributed by atoms with Gasteiger partial charge in [-0.3, -0.25) is 14.9 Å². The van der Waals surface area contributed by atoms with Crippen LogP contribution >= 0.6 is 11.3 Å². The summed E-state index contributed by atoms with van der Waals surface area (Å²) in [5.41, 5.74) is 2.47. The van der Waals surface area contributed by atoms with Crippen LogP contribution in [0.1, 0.15) is 45.0 Å². The number of hydrogen-bond acceptors (Lipinski definition) is 6. The molecule has 1 N–H and O–H groups in total. The largest absolute Gasteiger partial charge is 0.455 e. The van der Waals surface area contributed by atoms with E-state index in [9.17, 15) is 19.3 Å². The summed E-state index contributed by atoms with van der Waals surface area (Å²) in [5, 5.41) is 14.7. The van der Waals surface area contributed by atoms with Crippen LogP contribution < -0.4 is 5.32 Å². The zero-order valence-electron chi connectivity index (χ0n) is 19.2. The summed E-state index contributed by atoms with van der Waals surface area (Å²) >= 11 is 1.52. The van der Waals surface area contributed by atoms with Gasteiger partial charge in [0.1, 0.15) is 16.5 Å². The molecule has 2 aromatic carbocycles. The fraction of sp³-hybridized carbons (Fsp3) is 0.185. The Labute approximate surface area is 210 Å². The first-order valence-corrected chi connectivity index (χ1v) is 12.4. The van der Waals surface area contributed by atoms with Gasteiger partial charge in [0.2, 0.25) is 5.82 Å². The molecule has 2 heterocycles. The number of halogens is 1. The van der Waals surface area contributed by atoms with Crippen molar-refractivity contribution in [3.05, 3.63) is 104 Å². The number of nitro benzene ring substituents is 1. The zero-order chi connectivity index (χ0) is 25.1. The first kappa shape index (κ1) is 23.6. The van der Waals surface area contributed by atoms with E-state index in [2.05, 4.69) is 10.3 Å². The van der Waals surface area contributed by atoms with Crippen LogP contribution in [0.3, 0.4) is 0 Å². The van der Waals surface area contributed by atoms with Crippen LogP contribution in [0.25, 0.3) is 11.3 Å². The van der Waals surface area contributed by atoms with Crippen molar-refractivity contribution in [1.29, 1.82) is 0 Å². The van der Waals surface area contributed by atoms with Crippen molar-refractivity contribution in [2.45, 2.75) is 32.2 Å². The van der Waals surface area contributed by atoms with Gasteiger partial charge in [-0.25, -0.2) is 4.99 Å². The van der Waals surface area contributed by atoms with E-state index in [1.807, 2.05) is 30.3 Å². The molecular formula is C27H22FN3O4S. The lowest BCUT2D eigenvalue weighted by molar-refractivity contribution is -0.387. The van der Waals surface area contributed by atoms with Gasteiger partial charge in [0, 0.05) is 23.1 Å². The molecule has 4 aromatic rings. The van der Waals surface area contributed by atoms with Crippen LogP contribution in [0.15, 0.2) is 70.1 Å². The van der Waals surface area contributed by atoms with E-state index in [0.29, 0.717) is 34.2 Å². The molecular weight excluding hydrogens is 481 g/mol. The fourth-order valence-corrected chi connectivity index (χ4v) is 5.48. The zero-order valence-corrected chi connectivity index (χ0v) is 20.0. The van der Waals surface area contributed by atoms with Crippen LogP contribution in [0, 0.1) is 15.9 Å². The van der Waals surface area contributed by atoms with Gasteiger partial charge >= 0.3 is 5.69 Å². The van der Waals surface area contributed by atoms with E-state index in [0.717, 1.165) is 48.9 Å². The second-order valence-electron chi connectivity index (χ2n) is 8.44. The number of nitrogens with zero attached hydrogens (tertiary/aromatic N) is 2. The molecule has 36 heavy (non-hydrogen) atoms. The molecule has 0 atom stereocenters. The maximum absolute atomic E-state index is 13.7. The van der Waals surface area contributed by atoms with Crippen molar-refractivity contribution in [2.75, 3.05) is 0 Å². The molecule has 0 unspecified atom stereocenters. The molecule has 0 aliphatic heterocycles. The monoisotopic (exact) mass is 503 g/mol. The SMILES string of the molecule is O=C(NCc1ccccc1)c1c(N=Cc2ccc(-c3ccc(F)c([N+](=O)[O-])c3)o2)sc2c1CCCC2. The second kappa shape index (κ2) is 10.2. The Morgan fingerprint density at radius 1 is 1.14 bits per heavy atom. The number of fused-ring (bicyclic) bond motifs is 1. The van der Waals surface area contributed by atoms with Crippen molar-refractivity contribution in [3.8, 4) is 11.3 Å². The number of furan rings is 1. The quantitative estimate of drug-likeness (QED) is 0.174. The normalized spacial score (nSPS) is 13.0. The number of benzene rings is 2. The molecule has 0 spiro atoms. The van der Waals surface area contributed by atoms with Crippen molar-refractivity contribution < 1.29 is 18.5 Å². The summed E-state index contributed by atoms with van der Waals surface area (Å²) in [4.78, 5) is 29.3. The lowest BCUT2D eigenvalue weighted by Crippen LogP contribution is -2.24. The number of nitro groups is 1. The molecule has 1 amide bonds. The van der Waals surface area contributed by atoms with E-state index in [4.69, 9.17) is 4.42 Å². The first-order chi connectivity index (χ1) is 17.5. The Bertz CT molecular complexity index is 1460. The lowest BCUT2D eigenvalue weighted by Gasteiger charge is -2.12. The predicted octanol–water partition coefficient (Wildman–Crippen LogP) is 6.61. The number of carbonyl (C=O) groups excluding carboxylic acids is 1. The van der Waals surface area contributed by atoms with Gasteiger partial charge in [-0.05, 0) is 61.1 Å². The van der Waals surface area contributed by atoms with Gasteiger partial charge in [0.15, 0.2) is 0 Å². The molecule has 182 valence electrons. The average molecular weight is 504 g/mol. The average Bonchev–Trinajstić information content (AvgIpc) is 3.51. The minimum atomic E-state index is -0.906. The van der Waals surface area contributed by atoms with E-state index in [1.54, 1.807) is 12.1 Å². The molecule has 9 heteroatoms. The topological polar surface area (TPSA) is 97.7 Å². The van der Waals surface area contributed by atoms with Crippen LogP contribution in [0.2, 0.25) is 0 Å². The smallest absolute Gasteiger partial charge is 0.305 e. The van der Waals surface area contributed by atoms with Gasteiger partial charge in [0.25, 0.3) is 5.91 Å². The number of thiophene rings is 1. The van der Waals surface area contributed by atoms with Crippen LogP contribution in [-0.4, -0.2) is 17.0 Å². The van der Waals surface area contributed by atoms with Crippen LogP contribution in [0.4, 0.5) is 15.1 Å². The lowest BCUT2D eigenvalue weighted by atomic mass is 9.95. The number of hydrogen-bond donors (Lipinski definition) is 1. The number of carbonyl (C=O) groups is 1. The summed E-state index contributed by atoms with van der Waals surface area (Å²) in [6.45, 7) is 0.429. The highest BCUT2D eigenvalue weighted by Gasteiger charge is 2.25. The Morgan fingerprint density at radius 3 is 2.75 bits per heavy atom. The molecule has 0 saturated carbocycles. The molecule has 1 aliphatic rings. The van der Waals surface area contributed by atoms with Gasteiger partial charge < -0.3 is 9.73 Å². The summed E-state index contributed by atoms with van der Waals surface area (Å²) in [7, 11) is 0. The molecule has 0 saturated heterocycles. The van der Waals surface area contributed by atoms with Crippen molar-refractivity contribution in [3.63, 3.8) is 0 Å². The maximum atomic E-state index is 13.7. The third-order valence-electron chi connectivity index (χ3n) is 6.04. The number of aryl methyl sites for hydroxylation is 1. The second-order valence-corrected chi connectivity index (χ2v) is 9.53. The summed E-state index contributed by atoms with van der Waals surface area (Å²) in [6.07, 6.45) is 5.45. The van der Waals surface area contributed by atoms with Gasteiger partial charge in [-0.2, -0.15) is 4.39 Å². The first-order valence-electron chi connectivity index (χ1n) is 11.5. The highest BCUT2D eigenvalue weighted by Crippen LogP contribution is 2.40. The fourth-order valence-electron chi connectivity index (χ4n) is 4.25. The summed E-state index contributed by atoms with van der Waals surface area (Å²) in [6, 6.07) is 16.7. The molecule has 0 radical (unpaired) electrons. The van der Waals surface area contributed by atoms with Crippen molar-refractivity contribution in [1.82, 2.24) is 5.32 Å². The Balaban J connectivity index is 1.39. The van der Waals surface area contributed by atoms with Crippen LogP contribution in [0.5, 0.6) is 0 Å². The van der Waals surface area contributed by atoms with Gasteiger partial charge in [0.05, 0.1) is 16.7 Å². The van der Waals surface area contributed by atoms with E-state index >= 15 is 0 Å². The summed E-state index contributed by atoms with van der Waals surface area (Å²) in [5.74, 6) is -0.286. The highest BCUT2D eigenvalue weighted by atomic mass is 32.1. The third kappa shape index (κ3) is 4.96.